The van der Waals surface area contributed by atoms with E-state index < -0.39 is 0 Å². The maximum absolute atomic E-state index is 12.9. The van der Waals surface area contributed by atoms with Gasteiger partial charge in [-0.15, -0.1) is 0 Å². The fourth-order valence-electron chi connectivity index (χ4n) is 2.80. The van der Waals surface area contributed by atoms with Gasteiger partial charge in [0.25, 0.3) is 0 Å². The summed E-state index contributed by atoms with van der Waals surface area (Å²) in [4.78, 5) is 12.9. The maximum atomic E-state index is 12.9. The minimum absolute atomic E-state index is 0.0220. The van der Waals surface area contributed by atoms with E-state index in [1.165, 1.54) is 0 Å². The van der Waals surface area contributed by atoms with Crippen molar-refractivity contribution in [2.24, 2.45) is 0 Å². The number of nitrogens with zero attached hydrogens (tertiary/aromatic N) is 1. The summed E-state index contributed by atoms with van der Waals surface area (Å²) in [5.74, 6) is 3.94. The molecule has 0 spiro atoms. The number of fused-ring (bicyclic) bond motifs is 2. The summed E-state index contributed by atoms with van der Waals surface area (Å²) in [6, 6.07) is 16.5. The van der Waals surface area contributed by atoms with Gasteiger partial charge >= 0.3 is 0 Å². The summed E-state index contributed by atoms with van der Waals surface area (Å²) in [5, 5.41) is 1.33. The molecule has 0 aliphatic heterocycles. The number of hydrogen-bond acceptors (Lipinski definition) is 2. The third-order valence-corrected chi connectivity index (χ3v) is 4.00. The largest absolute Gasteiger partial charge is 0.494 e. The van der Waals surface area contributed by atoms with Gasteiger partial charge in [-0.1, -0.05) is 31.4 Å². The zero-order valence-corrected chi connectivity index (χ0v) is 14.1. The van der Waals surface area contributed by atoms with Gasteiger partial charge in [0.1, 0.15) is 5.75 Å². The van der Waals surface area contributed by atoms with E-state index in [1.807, 2.05) is 54.0 Å². The topological polar surface area (TPSA) is 31.2 Å². The molecule has 0 amide bonds. The fraction of sp³-hybridized carbons (Fsp3) is 0.286. The molecule has 0 bridgehead atoms. The van der Waals surface area contributed by atoms with Crippen molar-refractivity contribution in [3.63, 3.8) is 0 Å². The lowest BCUT2D eigenvalue weighted by atomic mass is 10.1. The monoisotopic (exact) mass is 319 g/mol. The number of para-hydroxylation sites is 1. The van der Waals surface area contributed by atoms with Crippen molar-refractivity contribution in [3.05, 3.63) is 52.7 Å². The van der Waals surface area contributed by atoms with E-state index in [0.29, 0.717) is 23.1 Å². The zero-order valence-electron chi connectivity index (χ0n) is 14.1. The Labute approximate surface area is 141 Å². The molecule has 24 heavy (non-hydrogen) atoms. The van der Waals surface area contributed by atoms with Crippen LogP contribution in [-0.4, -0.2) is 11.2 Å². The standard InChI is InChI=1S/C21H21NO2/c1-3-5-6-9-14-22-19-11-8-7-10-17(19)21(23)18-15-16(24-4-2)12-13-20(18)22/h7-8,10-13,15H,3-6H2,1-2H3. The van der Waals surface area contributed by atoms with E-state index in [2.05, 4.69) is 18.9 Å². The summed E-state index contributed by atoms with van der Waals surface area (Å²) in [5.41, 5.74) is 1.70. The van der Waals surface area contributed by atoms with E-state index >= 15 is 0 Å². The Kier molecular flexibility index (Phi) is 4.86. The average Bonchev–Trinajstić information content (AvgIpc) is 2.61. The highest BCUT2D eigenvalue weighted by Gasteiger charge is 2.10. The van der Waals surface area contributed by atoms with Crippen LogP contribution in [0.2, 0.25) is 0 Å². The van der Waals surface area contributed by atoms with Crippen LogP contribution in [0.3, 0.4) is 0 Å². The van der Waals surface area contributed by atoms with Crippen molar-refractivity contribution in [1.82, 2.24) is 4.57 Å². The highest BCUT2D eigenvalue weighted by molar-refractivity contribution is 5.95. The fourth-order valence-corrected chi connectivity index (χ4v) is 2.80. The predicted octanol–water partition coefficient (Wildman–Crippen LogP) is 4.55. The minimum Gasteiger partial charge on any atom is -0.494 e. The quantitative estimate of drug-likeness (QED) is 0.401. The first-order valence-electron chi connectivity index (χ1n) is 8.45. The molecule has 0 aliphatic carbocycles. The Hall–Kier alpha value is -2.73. The number of aromatic nitrogens is 1. The van der Waals surface area contributed by atoms with Crippen LogP contribution in [0.15, 0.2) is 47.3 Å². The van der Waals surface area contributed by atoms with E-state index in [4.69, 9.17) is 4.74 Å². The van der Waals surface area contributed by atoms with Gasteiger partial charge in [-0.2, -0.15) is 0 Å². The van der Waals surface area contributed by atoms with Crippen molar-refractivity contribution in [1.29, 1.82) is 0 Å². The molecule has 0 N–H and O–H groups in total. The lowest BCUT2D eigenvalue weighted by Crippen LogP contribution is -2.09. The van der Waals surface area contributed by atoms with Gasteiger partial charge in [-0.05, 0) is 43.7 Å². The molecule has 0 radical (unpaired) electrons. The molecule has 3 heteroatoms. The molecule has 1 heterocycles. The first-order chi connectivity index (χ1) is 11.8. The minimum atomic E-state index is 0.0220. The second-order valence-electron chi connectivity index (χ2n) is 5.69. The van der Waals surface area contributed by atoms with E-state index in [-0.39, 0.29) is 5.43 Å². The number of rotatable bonds is 4. The molecular formula is C21H21NO2. The second-order valence-corrected chi connectivity index (χ2v) is 5.69. The van der Waals surface area contributed by atoms with E-state index in [1.54, 1.807) is 0 Å². The van der Waals surface area contributed by atoms with Crippen LogP contribution in [0.1, 0.15) is 33.1 Å². The number of hydrogen-bond donors (Lipinski definition) is 0. The number of benzene rings is 2. The second kappa shape index (κ2) is 7.23. The lowest BCUT2D eigenvalue weighted by molar-refractivity contribution is 0.340. The molecule has 3 nitrogen and oxygen atoms in total. The molecule has 0 atom stereocenters. The van der Waals surface area contributed by atoms with Gasteiger partial charge in [0.15, 0.2) is 5.43 Å². The van der Waals surface area contributed by atoms with Crippen LogP contribution in [0.25, 0.3) is 21.8 Å². The summed E-state index contributed by atoms with van der Waals surface area (Å²) in [6.45, 7) is 4.66. The Morgan fingerprint density at radius 2 is 1.83 bits per heavy atom. The van der Waals surface area contributed by atoms with Gasteiger partial charge < -0.3 is 4.74 Å². The van der Waals surface area contributed by atoms with Crippen molar-refractivity contribution in [2.45, 2.75) is 33.1 Å². The normalized spacial score (nSPS) is 10.6. The summed E-state index contributed by atoms with van der Waals surface area (Å²) in [6.07, 6.45) is 3.06. The molecule has 2 aromatic carbocycles. The zero-order chi connectivity index (χ0) is 16.9. The molecule has 1 aromatic heterocycles. The summed E-state index contributed by atoms with van der Waals surface area (Å²) >= 11 is 0. The van der Waals surface area contributed by atoms with Crippen molar-refractivity contribution in [3.8, 4) is 17.7 Å². The van der Waals surface area contributed by atoms with Crippen LogP contribution in [0.5, 0.6) is 5.75 Å². The Bertz CT molecular complexity index is 990. The Morgan fingerprint density at radius 3 is 2.62 bits per heavy atom. The van der Waals surface area contributed by atoms with Gasteiger partial charge in [0.05, 0.1) is 23.0 Å². The smallest absolute Gasteiger partial charge is 0.197 e. The molecule has 3 aromatic rings. The van der Waals surface area contributed by atoms with Crippen LogP contribution < -0.4 is 10.2 Å². The highest BCUT2D eigenvalue weighted by Crippen LogP contribution is 2.22. The summed E-state index contributed by atoms with van der Waals surface area (Å²) in [7, 11) is 0. The van der Waals surface area contributed by atoms with Crippen LogP contribution in [0.4, 0.5) is 0 Å². The number of unbranched alkanes of at least 4 members (excludes halogenated alkanes) is 2. The molecule has 0 fully saturated rings. The van der Waals surface area contributed by atoms with Gasteiger partial charge in [0.2, 0.25) is 0 Å². The van der Waals surface area contributed by atoms with Crippen LogP contribution in [0, 0.1) is 12.0 Å². The number of ether oxygens (including phenoxy) is 1. The van der Waals surface area contributed by atoms with Gasteiger partial charge in [-0.25, -0.2) is 0 Å². The predicted molar refractivity (Wildman–Crippen MR) is 99.6 cm³/mol. The van der Waals surface area contributed by atoms with Crippen molar-refractivity contribution in [2.75, 3.05) is 6.61 Å². The lowest BCUT2D eigenvalue weighted by Gasteiger charge is -2.10. The first-order valence-corrected chi connectivity index (χ1v) is 8.45. The van der Waals surface area contributed by atoms with Crippen LogP contribution in [-0.2, 0) is 0 Å². The van der Waals surface area contributed by atoms with Crippen molar-refractivity contribution >= 4 is 21.8 Å². The molecule has 3 rings (SSSR count). The van der Waals surface area contributed by atoms with Crippen LogP contribution >= 0.6 is 0 Å². The third-order valence-electron chi connectivity index (χ3n) is 4.00. The molecular weight excluding hydrogens is 298 g/mol. The molecule has 0 saturated carbocycles. The molecule has 0 unspecified atom stereocenters. The van der Waals surface area contributed by atoms with E-state index in [0.717, 1.165) is 30.3 Å². The number of pyridine rings is 1. The average molecular weight is 319 g/mol. The Morgan fingerprint density at radius 1 is 1.04 bits per heavy atom. The Balaban J connectivity index is 2.30. The third kappa shape index (κ3) is 3.00. The van der Waals surface area contributed by atoms with Gasteiger partial charge in [0, 0.05) is 17.9 Å². The molecule has 122 valence electrons. The van der Waals surface area contributed by atoms with Crippen molar-refractivity contribution < 1.29 is 4.74 Å². The maximum Gasteiger partial charge on any atom is 0.197 e. The van der Waals surface area contributed by atoms with E-state index in [9.17, 15) is 4.79 Å². The summed E-state index contributed by atoms with van der Waals surface area (Å²) < 4.78 is 7.48. The molecule has 0 aliphatic rings. The molecule has 0 saturated heterocycles. The van der Waals surface area contributed by atoms with Gasteiger partial charge in [-0.3, -0.25) is 9.36 Å². The SMILES string of the molecule is CCCCC#Cn1c2ccccc2c(=O)c2cc(OCC)ccc21. The first kappa shape index (κ1) is 16.1. The highest BCUT2D eigenvalue weighted by atomic mass is 16.5.